The first-order chi connectivity index (χ1) is 13.5. The summed E-state index contributed by atoms with van der Waals surface area (Å²) in [5.41, 5.74) is 2.92. The maximum atomic E-state index is 12.4. The first kappa shape index (κ1) is 26.5. The molecule has 0 radical (unpaired) electrons. The zero-order valence-corrected chi connectivity index (χ0v) is 22.1. The summed E-state index contributed by atoms with van der Waals surface area (Å²) in [5.74, 6) is 0.844. The molecule has 1 rings (SSSR count). The molecule has 0 heterocycles. The van der Waals surface area contributed by atoms with E-state index in [1.165, 1.54) is 48.5 Å². The quantitative estimate of drug-likeness (QED) is 0.260. The summed E-state index contributed by atoms with van der Waals surface area (Å²) in [7, 11) is 0. The third-order valence-electron chi connectivity index (χ3n) is 5.34. The third kappa shape index (κ3) is 9.85. The Bertz CT molecular complexity index is 600. The number of rotatable bonds is 12. The molecule has 0 aromatic heterocycles. The number of phenols is 1. The molecule has 2 nitrogen and oxygen atoms in total. The predicted octanol–water partition coefficient (Wildman–Crippen LogP) is 3.94. The first-order valence-corrected chi connectivity index (χ1v) is 14.4. The van der Waals surface area contributed by atoms with Gasteiger partial charge in [0.05, 0.1) is 0 Å². The summed E-state index contributed by atoms with van der Waals surface area (Å²) in [6.45, 7) is 15.1. The van der Waals surface area contributed by atoms with Crippen molar-refractivity contribution >= 4 is 5.78 Å². The van der Waals surface area contributed by atoms with Crippen molar-refractivity contribution < 1.29 is 31.1 Å². The second-order valence-corrected chi connectivity index (χ2v) is 13.3. The van der Waals surface area contributed by atoms with Gasteiger partial charge in [-0.1, -0.05) is 0 Å². The SMILES string of the molecule is CCCCCCCC[I-]CC(=O)CCc1cc(C(C)(C)C)c(O)c(C(C)(C)C)c1. The van der Waals surface area contributed by atoms with Gasteiger partial charge in [-0.25, -0.2) is 0 Å². The van der Waals surface area contributed by atoms with Gasteiger partial charge in [-0.05, 0) is 0 Å². The Morgan fingerprint density at radius 2 is 1.41 bits per heavy atom. The van der Waals surface area contributed by atoms with E-state index in [-0.39, 0.29) is 32.0 Å². The monoisotopic (exact) mass is 515 g/mol. The molecule has 1 aromatic carbocycles. The van der Waals surface area contributed by atoms with Gasteiger partial charge in [0.1, 0.15) is 0 Å². The van der Waals surface area contributed by atoms with Crippen LogP contribution in [0.3, 0.4) is 0 Å². The van der Waals surface area contributed by atoms with Crippen LogP contribution in [0, 0.1) is 0 Å². The van der Waals surface area contributed by atoms with Crippen molar-refractivity contribution in [2.45, 2.75) is 111 Å². The van der Waals surface area contributed by atoms with Gasteiger partial charge in [0.25, 0.3) is 0 Å². The number of unbranched alkanes of at least 4 members (excludes halogenated alkanes) is 5. The van der Waals surface area contributed by atoms with Crippen LogP contribution >= 0.6 is 0 Å². The van der Waals surface area contributed by atoms with Crippen molar-refractivity contribution in [2.24, 2.45) is 0 Å². The molecule has 0 unspecified atom stereocenters. The molecule has 0 aliphatic heterocycles. The van der Waals surface area contributed by atoms with Gasteiger partial charge in [0, 0.05) is 0 Å². The number of Topliss-reactive ketones (excluding diaryl/α,β-unsaturated/α-hetero) is 1. The average Bonchev–Trinajstić information content (AvgIpc) is 2.61. The fraction of sp³-hybridized carbons (Fsp3) is 0.731. The second-order valence-electron chi connectivity index (χ2n) is 10.4. The number of carbonyl (C=O) groups is 1. The second kappa shape index (κ2) is 12.3. The zero-order valence-electron chi connectivity index (χ0n) is 20.0. The van der Waals surface area contributed by atoms with Crippen molar-refractivity contribution in [1.29, 1.82) is 0 Å². The standard InChI is InChI=1S/C26H44IO2/c1-8-9-10-11-12-13-16-27-19-21(28)15-14-20-17-22(25(2,3)4)24(29)23(18-20)26(5,6)7/h17-18,29H,8-16,19H2,1-7H3/q-1. The van der Waals surface area contributed by atoms with Crippen LogP contribution in [0.5, 0.6) is 5.75 Å². The van der Waals surface area contributed by atoms with Crippen LogP contribution in [0.1, 0.15) is 110 Å². The third-order valence-corrected chi connectivity index (χ3v) is 8.26. The number of alkyl halides is 2. The maximum absolute atomic E-state index is 12.4. The van der Waals surface area contributed by atoms with Crippen LogP contribution in [0.2, 0.25) is 0 Å². The molecular formula is C26H44IO2-. The number of hydrogen-bond donors (Lipinski definition) is 1. The predicted molar refractivity (Wildman–Crippen MR) is 122 cm³/mol. The van der Waals surface area contributed by atoms with E-state index in [0.717, 1.165) is 22.0 Å². The number of phenolic OH excluding ortho intramolecular Hbond substituents is 1. The van der Waals surface area contributed by atoms with Gasteiger partial charge in [-0.2, -0.15) is 0 Å². The van der Waals surface area contributed by atoms with Crippen molar-refractivity contribution in [3.05, 3.63) is 28.8 Å². The van der Waals surface area contributed by atoms with Gasteiger partial charge < -0.3 is 0 Å². The van der Waals surface area contributed by atoms with Crippen LogP contribution < -0.4 is 21.2 Å². The molecule has 0 aliphatic rings. The van der Waals surface area contributed by atoms with Gasteiger partial charge in [-0.15, -0.1) is 0 Å². The van der Waals surface area contributed by atoms with Crippen molar-refractivity contribution in [3.8, 4) is 5.75 Å². The molecular weight excluding hydrogens is 471 g/mol. The Kier molecular flexibility index (Phi) is 11.2. The van der Waals surface area contributed by atoms with Crippen molar-refractivity contribution in [3.63, 3.8) is 0 Å². The first-order valence-electron chi connectivity index (χ1n) is 11.4. The zero-order chi connectivity index (χ0) is 22.1. The molecule has 1 aromatic rings. The van der Waals surface area contributed by atoms with Crippen LogP contribution in [-0.2, 0) is 22.0 Å². The molecule has 0 saturated carbocycles. The van der Waals surface area contributed by atoms with E-state index in [4.69, 9.17) is 0 Å². The summed E-state index contributed by atoms with van der Waals surface area (Å²) >= 11 is 0.0304. The number of ketones is 1. The molecule has 168 valence electrons. The van der Waals surface area contributed by atoms with E-state index >= 15 is 0 Å². The average molecular weight is 516 g/mol. The summed E-state index contributed by atoms with van der Waals surface area (Å²) in [5, 5.41) is 10.8. The van der Waals surface area contributed by atoms with Crippen molar-refractivity contribution in [2.75, 3.05) is 8.86 Å². The van der Waals surface area contributed by atoms with Gasteiger partial charge in [0.15, 0.2) is 0 Å². The van der Waals surface area contributed by atoms with Gasteiger partial charge in [-0.3, -0.25) is 0 Å². The van der Waals surface area contributed by atoms with Gasteiger partial charge in [0.2, 0.25) is 0 Å². The summed E-state index contributed by atoms with van der Waals surface area (Å²) in [4.78, 5) is 12.4. The number of hydrogen-bond acceptors (Lipinski definition) is 2. The van der Waals surface area contributed by atoms with E-state index in [1.54, 1.807) is 0 Å². The molecule has 0 bridgehead atoms. The summed E-state index contributed by atoms with van der Waals surface area (Å²) in [6.07, 6.45) is 9.46. The minimum atomic E-state index is -0.118. The summed E-state index contributed by atoms with van der Waals surface area (Å²) in [6, 6.07) is 4.23. The van der Waals surface area contributed by atoms with Gasteiger partial charge >= 0.3 is 191 Å². The van der Waals surface area contributed by atoms with Crippen molar-refractivity contribution in [1.82, 2.24) is 0 Å². The molecule has 29 heavy (non-hydrogen) atoms. The summed E-state index contributed by atoms with van der Waals surface area (Å²) < 4.78 is 2.11. The van der Waals surface area contributed by atoms with E-state index in [2.05, 4.69) is 60.6 Å². The van der Waals surface area contributed by atoms with E-state index in [1.807, 2.05) is 0 Å². The topological polar surface area (TPSA) is 37.3 Å². The van der Waals surface area contributed by atoms with E-state index in [9.17, 15) is 9.90 Å². The molecule has 3 heteroatoms. The van der Waals surface area contributed by atoms with E-state index < -0.39 is 0 Å². The fourth-order valence-corrected chi connectivity index (χ4v) is 5.92. The molecule has 0 amide bonds. The molecule has 0 atom stereocenters. The molecule has 0 saturated heterocycles. The fourth-order valence-electron chi connectivity index (χ4n) is 3.47. The Morgan fingerprint density at radius 3 is 1.93 bits per heavy atom. The number of aryl methyl sites for hydroxylation is 1. The Balaban J connectivity index is 2.58. The molecule has 0 fully saturated rings. The Hall–Kier alpha value is -0.580. The van der Waals surface area contributed by atoms with Crippen LogP contribution in [0.25, 0.3) is 0 Å². The number of benzene rings is 1. The normalized spacial score (nSPS) is 12.5. The van der Waals surface area contributed by atoms with Crippen LogP contribution in [0.15, 0.2) is 12.1 Å². The number of carbonyl (C=O) groups excluding carboxylic acids is 1. The minimum absolute atomic E-state index is 0.0304. The van der Waals surface area contributed by atoms with E-state index in [0.29, 0.717) is 18.0 Å². The molecule has 0 aliphatic carbocycles. The number of halogens is 1. The number of aromatic hydroxyl groups is 1. The Labute approximate surface area is 190 Å². The molecule has 1 N–H and O–H groups in total. The molecule has 0 spiro atoms. The van der Waals surface area contributed by atoms with Crippen LogP contribution in [-0.4, -0.2) is 19.7 Å². The van der Waals surface area contributed by atoms with Crippen LogP contribution in [0.4, 0.5) is 0 Å². The Morgan fingerprint density at radius 1 is 0.897 bits per heavy atom.